The largest absolute Gasteiger partial charge is 0.508 e. The van der Waals surface area contributed by atoms with Crippen LogP contribution in [-0.2, 0) is 24.5 Å². The van der Waals surface area contributed by atoms with Crippen molar-refractivity contribution in [3.8, 4) is 17.6 Å². The van der Waals surface area contributed by atoms with Crippen LogP contribution >= 0.6 is 0 Å². The van der Waals surface area contributed by atoms with E-state index < -0.39 is 71.5 Å². The van der Waals surface area contributed by atoms with E-state index >= 15 is 14.4 Å². The molecule has 0 unspecified atom stereocenters. The summed E-state index contributed by atoms with van der Waals surface area (Å²) in [7, 11) is 0. The minimum Gasteiger partial charge on any atom is -0.508 e. The maximum absolute atomic E-state index is 16.4. The van der Waals surface area contributed by atoms with Crippen molar-refractivity contribution in [2.45, 2.75) is 55.1 Å². The number of ether oxygens (including phenoxy) is 1. The summed E-state index contributed by atoms with van der Waals surface area (Å²) in [6, 6.07) is 43.3. The van der Waals surface area contributed by atoms with Crippen molar-refractivity contribution < 1.29 is 39.2 Å². The number of hydrogen-bond acceptors (Lipinski definition) is 9. The lowest BCUT2D eigenvalue weighted by atomic mass is 9.65. The molecule has 3 aliphatic heterocycles. The number of rotatable bonds is 10. The summed E-state index contributed by atoms with van der Waals surface area (Å²) in [5.74, 6) is 2.11. The Kier molecular flexibility index (Phi) is 12.2. The van der Waals surface area contributed by atoms with Crippen LogP contribution in [0.15, 0.2) is 164 Å². The van der Waals surface area contributed by atoms with Gasteiger partial charge in [0, 0.05) is 18.5 Å². The van der Waals surface area contributed by atoms with Gasteiger partial charge in [-0.15, -0.1) is 0 Å². The number of morpholine rings is 1. The minimum atomic E-state index is -2.07. The van der Waals surface area contributed by atoms with Crippen LogP contribution in [0.4, 0.5) is 10.5 Å². The molecule has 0 aromatic heterocycles. The number of anilines is 1. The van der Waals surface area contributed by atoms with Gasteiger partial charge in [0.15, 0.2) is 0 Å². The van der Waals surface area contributed by atoms with Crippen molar-refractivity contribution in [2.75, 3.05) is 18.1 Å². The van der Waals surface area contributed by atoms with Gasteiger partial charge in [-0.25, -0.2) is 9.69 Å². The molecular weight excluding hydrogens is 833 g/mol. The lowest BCUT2D eigenvalue weighted by Crippen LogP contribution is -2.56. The molecule has 3 aliphatic rings. The number of urea groups is 1. The highest BCUT2D eigenvalue weighted by molar-refractivity contribution is 6.24. The number of carbonyl (C=O) groups is 4. The third-order valence-corrected chi connectivity index (χ3v) is 12.9. The van der Waals surface area contributed by atoms with E-state index in [2.05, 4.69) is 22.5 Å². The van der Waals surface area contributed by atoms with Gasteiger partial charge in [-0.2, -0.15) is 0 Å². The summed E-state index contributed by atoms with van der Waals surface area (Å²) in [5, 5.41) is 37.7. The highest BCUT2D eigenvalue weighted by atomic mass is 16.6. The number of imide groups is 1. The lowest BCUT2D eigenvalue weighted by Gasteiger charge is -2.46. The average molecular weight is 881 g/mol. The molecule has 0 radical (unpaired) electrons. The normalized spacial score (nSPS) is 22.9. The maximum atomic E-state index is 16.4. The number of benzene rings is 6. The van der Waals surface area contributed by atoms with Crippen molar-refractivity contribution in [2.24, 2.45) is 5.92 Å². The second kappa shape index (κ2) is 18.5. The molecule has 0 saturated carbocycles. The molecule has 12 nitrogen and oxygen atoms in total. The van der Waals surface area contributed by atoms with Crippen LogP contribution in [0.1, 0.15) is 82.6 Å². The maximum Gasteiger partial charge on any atom is 0.329 e. The van der Waals surface area contributed by atoms with Gasteiger partial charge in [0.25, 0.3) is 0 Å². The first-order valence-corrected chi connectivity index (χ1v) is 21.9. The van der Waals surface area contributed by atoms with Gasteiger partial charge < -0.3 is 30.7 Å². The Balaban J connectivity index is 1.31. The van der Waals surface area contributed by atoms with Crippen molar-refractivity contribution in [3.05, 3.63) is 203 Å². The average Bonchev–Trinajstić information content (AvgIpc) is 3.81. The summed E-state index contributed by atoms with van der Waals surface area (Å²) >= 11 is 0. The lowest BCUT2D eigenvalue weighted by molar-refractivity contribution is -0.178. The fourth-order valence-electron chi connectivity index (χ4n) is 10.0. The van der Waals surface area contributed by atoms with Crippen LogP contribution in [0.25, 0.3) is 0 Å². The predicted octanol–water partition coefficient (Wildman–Crippen LogP) is 7.11. The Hall–Kier alpha value is -7.56. The van der Waals surface area contributed by atoms with E-state index in [4.69, 9.17) is 4.74 Å². The first-order valence-electron chi connectivity index (χ1n) is 21.9. The Morgan fingerprint density at radius 2 is 1.36 bits per heavy atom. The van der Waals surface area contributed by atoms with E-state index in [1.807, 2.05) is 102 Å². The Labute approximate surface area is 382 Å². The van der Waals surface area contributed by atoms with Crippen molar-refractivity contribution in [1.82, 2.24) is 15.5 Å². The number of amides is 4. The molecule has 4 amide bonds. The number of hydrogen-bond donors (Lipinski definition) is 5. The molecule has 6 aromatic carbocycles. The van der Waals surface area contributed by atoms with Gasteiger partial charge in [-0.1, -0.05) is 145 Å². The van der Waals surface area contributed by atoms with Gasteiger partial charge in [0.05, 0.1) is 42.4 Å². The van der Waals surface area contributed by atoms with Gasteiger partial charge >= 0.3 is 12.0 Å². The molecule has 332 valence electrons. The zero-order valence-corrected chi connectivity index (χ0v) is 36.0. The van der Waals surface area contributed by atoms with Crippen LogP contribution in [0.5, 0.6) is 5.75 Å². The summed E-state index contributed by atoms with van der Waals surface area (Å²) in [4.78, 5) is 65.2. The van der Waals surface area contributed by atoms with Crippen LogP contribution in [0.2, 0.25) is 0 Å². The molecule has 66 heavy (non-hydrogen) atoms. The zero-order chi connectivity index (χ0) is 46.0. The van der Waals surface area contributed by atoms with E-state index in [1.54, 1.807) is 61.5 Å². The monoisotopic (exact) mass is 880 g/mol. The van der Waals surface area contributed by atoms with Crippen molar-refractivity contribution in [1.29, 1.82) is 0 Å². The summed E-state index contributed by atoms with van der Waals surface area (Å²) in [5.41, 5.74) is 2.00. The van der Waals surface area contributed by atoms with Crippen LogP contribution in [0.3, 0.4) is 0 Å². The highest BCUT2D eigenvalue weighted by Gasteiger charge is 2.75. The van der Waals surface area contributed by atoms with Crippen LogP contribution in [0, 0.1) is 17.8 Å². The minimum absolute atomic E-state index is 0.0538. The van der Waals surface area contributed by atoms with Crippen molar-refractivity contribution >= 4 is 29.5 Å². The molecule has 6 aromatic rings. The molecule has 3 heterocycles. The number of esters is 1. The highest BCUT2D eigenvalue weighted by Crippen LogP contribution is 2.66. The van der Waals surface area contributed by atoms with Gasteiger partial charge in [-0.3, -0.25) is 19.3 Å². The third-order valence-electron chi connectivity index (χ3n) is 12.9. The molecule has 0 aliphatic carbocycles. The number of carbonyl (C=O) groups excluding carboxylic acids is 4. The molecule has 5 N–H and O–H groups in total. The van der Waals surface area contributed by atoms with E-state index in [0.29, 0.717) is 22.3 Å². The SMILES string of the molecule is C[C@@H](NC(=O)N1C(=O)[C@@]2(c3cc(C#CCCO)ccc31)[C@H](C(=O)NC[C@H](O)c1ccccc1)[C@H]1C(=O)O[C@H](c3ccccc3)[C@H](c3ccccc3)N1[C@@H]2c1ccc(O)cc1)c1ccccc1. The summed E-state index contributed by atoms with van der Waals surface area (Å²) in [6.45, 7) is 1.34. The van der Waals surface area contributed by atoms with E-state index in [9.17, 15) is 20.1 Å². The second-order valence-corrected chi connectivity index (χ2v) is 16.8. The van der Waals surface area contributed by atoms with E-state index in [0.717, 1.165) is 16.0 Å². The summed E-state index contributed by atoms with van der Waals surface area (Å²) < 4.78 is 6.52. The summed E-state index contributed by atoms with van der Waals surface area (Å²) in [6.07, 6.45) is -1.93. The molecule has 2 saturated heterocycles. The second-order valence-electron chi connectivity index (χ2n) is 16.8. The topological polar surface area (TPSA) is 169 Å². The standard InChI is InChI=1S/C54H48N4O8/c1-34(36-17-6-2-7-18-36)56-53(65)57-43-30-25-35(16-14-15-31-59)32-42(43)54(52(57)64)45(50(62)55-33-44(61)37-19-8-3-9-20-37)47-51(63)66-48(39-23-12-5-13-24-39)46(38-21-10-4-11-22-38)58(47)49(54)40-26-28-41(60)29-27-40/h2-13,17-30,32,34,44-49,59-61H,15,31,33H2,1H3,(H,55,62)(H,56,65)/t34-,44+,45+,46+,47+,48-,49-,54+/m1/s1. The third kappa shape index (κ3) is 7.77. The van der Waals surface area contributed by atoms with E-state index in [-0.39, 0.29) is 36.6 Å². The fraction of sp³-hybridized carbons (Fsp3) is 0.222. The number of cyclic esters (lactones) is 1. The molecule has 1 spiro atoms. The molecular formula is C54H48N4O8. The Bertz CT molecular complexity index is 2800. The molecule has 9 rings (SSSR count). The molecule has 0 bridgehead atoms. The van der Waals surface area contributed by atoms with Crippen LogP contribution in [-0.4, -0.2) is 63.2 Å². The smallest absolute Gasteiger partial charge is 0.329 e. The first kappa shape index (κ1) is 43.7. The first-order chi connectivity index (χ1) is 32.1. The number of phenolic OH excluding ortho intramolecular Hbond substituents is 1. The number of aliphatic hydroxyl groups is 2. The van der Waals surface area contributed by atoms with Gasteiger partial charge in [-0.05, 0) is 70.6 Å². The Morgan fingerprint density at radius 3 is 2.00 bits per heavy atom. The number of nitrogens with one attached hydrogen (secondary N) is 2. The van der Waals surface area contributed by atoms with Crippen molar-refractivity contribution in [3.63, 3.8) is 0 Å². The number of nitrogens with zero attached hydrogens (tertiary/aromatic N) is 2. The van der Waals surface area contributed by atoms with Gasteiger partial charge in [0.2, 0.25) is 11.8 Å². The van der Waals surface area contributed by atoms with Crippen LogP contribution < -0.4 is 15.5 Å². The number of phenols is 1. The fourth-order valence-corrected chi connectivity index (χ4v) is 10.0. The predicted molar refractivity (Wildman–Crippen MR) is 246 cm³/mol. The Morgan fingerprint density at radius 1 is 0.758 bits per heavy atom. The molecule has 8 atom stereocenters. The quantitative estimate of drug-likeness (QED) is 0.0712. The number of aromatic hydroxyl groups is 1. The zero-order valence-electron chi connectivity index (χ0n) is 36.0. The molecule has 2 fully saturated rings. The number of fused-ring (bicyclic) bond motifs is 3. The van der Waals surface area contributed by atoms with Gasteiger partial charge in [0.1, 0.15) is 23.3 Å². The van der Waals surface area contributed by atoms with E-state index in [1.165, 1.54) is 12.1 Å². The number of aliphatic hydroxyl groups excluding tert-OH is 2. The molecule has 12 heteroatoms.